The van der Waals surface area contributed by atoms with Crippen molar-refractivity contribution in [2.24, 2.45) is 0 Å². The first kappa shape index (κ1) is 12.8. The lowest BCUT2D eigenvalue weighted by Gasteiger charge is -2.07. The van der Waals surface area contributed by atoms with E-state index < -0.39 is 6.43 Å². The van der Waals surface area contributed by atoms with Gasteiger partial charge in [0.1, 0.15) is 17.2 Å². The zero-order valence-corrected chi connectivity index (χ0v) is 10.2. The summed E-state index contributed by atoms with van der Waals surface area (Å²) in [5, 5.41) is 0. The second-order valence-electron chi connectivity index (χ2n) is 3.53. The Hall–Kier alpha value is -1.69. The minimum absolute atomic E-state index is 0.0528. The van der Waals surface area contributed by atoms with E-state index in [0.717, 1.165) is 0 Å². The maximum atomic E-state index is 12.8. The second kappa shape index (κ2) is 5.30. The third-order valence-corrected chi connectivity index (χ3v) is 2.54. The normalized spacial score (nSPS) is 10.9. The van der Waals surface area contributed by atoms with Crippen LogP contribution in [-0.4, -0.2) is 19.9 Å². The van der Waals surface area contributed by atoms with Gasteiger partial charge in [0.2, 0.25) is 0 Å². The zero-order chi connectivity index (χ0) is 13.1. The Balaban J connectivity index is 2.50. The van der Waals surface area contributed by atoms with Crippen molar-refractivity contribution in [1.29, 1.82) is 0 Å². The highest BCUT2D eigenvalue weighted by atomic mass is 35.5. The molecule has 0 amide bonds. The molecule has 0 aliphatic heterocycles. The molecule has 2 aromatic heterocycles. The van der Waals surface area contributed by atoms with E-state index in [-0.39, 0.29) is 23.0 Å². The highest BCUT2D eigenvalue weighted by molar-refractivity contribution is 6.17. The number of hydrogen-bond acceptors (Lipinski definition) is 4. The molecule has 0 aromatic carbocycles. The summed E-state index contributed by atoms with van der Waals surface area (Å²) >= 11 is 5.56. The van der Waals surface area contributed by atoms with Crippen LogP contribution in [-0.2, 0) is 5.88 Å². The maximum absolute atomic E-state index is 12.8. The average molecular weight is 271 g/mol. The highest BCUT2D eigenvalue weighted by Gasteiger charge is 2.17. The van der Waals surface area contributed by atoms with E-state index in [1.807, 2.05) is 0 Å². The maximum Gasteiger partial charge on any atom is 0.280 e. The van der Waals surface area contributed by atoms with E-state index in [1.165, 1.54) is 12.4 Å². The second-order valence-corrected chi connectivity index (χ2v) is 3.79. The van der Waals surface area contributed by atoms with Crippen LogP contribution in [0.2, 0.25) is 0 Å². The Morgan fingerprint density at radius 3 is 2.67 bits per heavy atom. The summed E-state index contributed by atoms with van der Waals surface area (Å²) in [5.74, 6) is 0.615. The predicted molar refractivity (Wildman–Crippen MR) is 62.3 cm³/mol. The molecular weight excluding hydrogens is 262 g/mol. The first-order valence-electron chi connectivity index (χ1n) is 5.11. The van der Waals surface area contributed by atoms with Gasteiger partial charge in [0.25, 0.3) is 6.43 Å². The molecule has 0 aliphatic rings. The first-order valence-corrected chi connectivity index (χ1v) is 5.65. The lowest BCUT2D eigenvalue weighted by atomic mass is 10.2. The highest BCUT2D eigenvalue weighted by Crippen LogP contribution is 2.24. The minimum Gasteiger partial charge on any atom is -0.242 e. The van der Waals surface area contributed by atoms with E-state index in [2.05, 4.69) is 19.9 Å². The lowest BCUT2D eigenvalue weighted by Crippen LogP contribution is -2.02. The number of rotatable bonds is 3. The van der Waals surface area contributed by atoms with Crippen LogP contribution in [0.4, 0.5) is 8.78 Å². The van der Waals surface area contributed by atoms with Crippen molar-refractivity contribution >= 4 is 11.6 Å². The molecule has 0 bridgehead atoms. The number of alkyl halides is 3. The summed E-state index contributed by atoms with van der Waals surface area (Å²) in [6, 6.07) is 1.57. The van der Waals surface area contributed by atoms with Crippen LogP contribution in [0.1, 0.15) is 23.5 Å². The standard InChI is InChI=1S/C11H9ClF2N4/c1-6-15-3-2-8(17-6)11-16-5-7(4-12)9(18-11)10(13)14/h2-3,5,10H,4H2,1H3. The number of nitrogens with zero attached hydrogens (tertiary/aromatic N) is 4. The van der Waals surface area contributed by atoms with Crippen LogP contribution in [0.25, 0.3) is 11.5 Å². The quantitative estimate of drug-likeness (QED) is 0.805. The van der Waals surface area contributed by atoms with Gasteiger partial charge >= 0.3 is 0 Å². The van der Waals surface area contributed by atoms with Crippen LogP contribution in [0.5, 0.6) is 0 Å². The number of aromatic nitrogens is 4. The van der Waals surface area contributed by atoms with Gasteiger partial charge in [-0.15, -0.1) is 11.6 Å². The minimum atomic E-state index is -2.69. The molecule has 2 aromatic rings. The van der Waals surface area contributed by atoms with Crippen LogP contribution >= 0.6 is 11.6 Å². The smallest absolute Gasteiger partial charge is 0.242 e. The Kier molecular flexibility index (Phi) is 3.76. The van der Waals surface area contributed by atoms with Crippen molar-refractivity contribution in [3.63, 3.8) is 0 Å². The predicted octanol–water partition coefficient (Wildman–Crippen LogP) is 2.92. The summed E-state index contributed by atoms with van der Waals surface area (Å²) in [5.41, 5.74) is 0.276. The molecule has 0 saturated carbocycles. The number of aryl methyl sites for hydroxylation is 1. The van der Waals surface area contributed by atoms with Crippen LogP contribution in [0, 0.1) is 6.92 Å². The first-order chi connectivity index (χ1) is 8.61. The molecule has 0 atom stereocenters. The van der Waals surface area contributed by atoms with Crippen molar-refractivity contribution in [2.45, 2.75) is 19.2 Å². The van der Waals surface area contributed by atoms with E-state index in [9.17, 15) is 8.78 Å². The van der Waals surface area contributed by atoms with Crippen molar-refractivity contribution in [3.05, 3.63) is 35.5 Å². The Labute approximate surface area is 107 Å². The molecule has 4 nitrogen and oxygen atoms in total. The SMILES string of the molecule is Cc1nccc(-c2ncc(CCl)c(C(F)F)n2)n1. The number of hydrogen-bond donors (Lipinski definition) is 0. The molecule has 0 unspecified atom stereocenters. The Bertz CT molecular complexity index is 562. The largest absolute Gasteiger partial charge is 0.280 e. The van der Waals surface area contributed by atoms with Gasteiger partial charge in [-0.1, -0.05) is 0 Å². The third-order valence-electron chi connectivity index (χ3n) is 2.25. The topological polar surface area (TPSA) is 51.6 Å². The summed E-state index contributed by atoms with van der Waals surface area (Å²) in [7, 11) is 0. The summed E-state index contributed by atoms with van der Waals surface area (Å²) in [6.45, 7) is 1.70. The van der Waals surface area contributed by atoms with Gasteiger partial charge in [0.15, 0.2) is 5.82 Å². The van der Waals surface area contributed by atoms with Crippen LogP contribution in [0.15, 0.2) is 18.5 Å². The molecular formula is C11H9ClF2N4. The van der Waals surface area contributed by atoms with Gasteiger partial charge in [-0.2, -0.15) is 0 Å². The van der Waals surface area contributed by atoms with Crippen LogP contribution < -0.4 is 0 Å². The summed E-state index contributed by atoms with van der Waals surface area (Å²) in [6.07, 6.45) is 0.135. The molecule has 94 valence electrons. The molecule has 0 N–H and O–H groups in total. The molecule has 18 heavy (non-hydrogen) atoms. The van der Waals surface area contributed by atoms with Crippen molar-refractivity contribution < 1.29 is 8.78 Å². The molecule has 0 spiro atoms. The Morgan fingerprint density at radius 1 is 1.28 bits per heavy atom. The van der Waals surface area contributed by atoms with Gasteiger partial charge in [0, 0.05) is 18.0 Å². The van der Waals surface area contributed by atoms with Crippen LogP contribution in [0.3, 0.4) is 0 Å². The van der Waals surface area contributed by atoms with Gasteiger partial charge in [-0.3, -0.25) is 0 Å². The fourth-order valence-corrected chi connectivity index (χ4v) is 1.62. The third kappa shape index (κ3) is 2.59. The van der Waals surface area contributed by atoms with Gasteiger partial charge in [0.05, 0.1) is 5.88 Å². The average Bonchev–Trinajstić information content (AvgIpc) is 2.38. The molecule has 7 heteroatoms. The zero-order valence-electron chi connectivity index (χ0n) is 9.44. The van der Waals surface area contributed by atoms with E-state index in [0.29, 0.717) is 11.5 Å². The molecule has 2 heterocycles. The fourth-order valence-electron chi connectivity index (χ4n) is 1.42. The molecule has 0 radical (unpaired) electrons. The summed E-state index contributed by atoms with van der Waals surface area (Å²) < 4.78 is 25.6. The lowest BCUT2D eigenvalue weighted by molar-refractivity contribution is 0.145. The van der Waals surface area contributed by atoms with Crippen molar-refractivity contribution in [1.82, 2.24) is 19.9 Å². The summed E-state index contributed by atoms with van der Waals surface area (Å²) in [4.78, 5) is 15.8. The van der Waals surface area contributed by atoms with E-state index in [4.69, 9.17) is 11.6 Å². The van der Waals surface area contributed by atoms with E-state index in [1.54, 1.807) is 13.0 Å². The monoisotopic (exact) mass is 270 g/mol. The van der Waals surface area contributed by atoms with Crippen molar-refractivity contribution in [2.75, 3.05) is 0 Å². The molecule has 0 fully saturated rings. The molecule has 0 aliphatic carbocycles. The fraction of sp³-hybridized carbons (Fsp3) is 0.273. The Morgan fingerprint density at radius 2 is 2.06 bits per heavy atom. The van der Waals surface area contributed by atoms with Crippen molar-refractivity contribution in [3.8, 4) is 11.5 Å². The number of halogens is 3. The molecule has 0 saturated heterocycles. The van der Waals surface area contributed by atoms with E-state index >= 15 is 0 Å². The van der Waals surface area contributed by atoms with Gasteiger partial charge < -0.3 is 0 Å². The molecule has 2 rings (SSSR count). The van der Waals surface area contributed by atoms with Gasteiger partial charge in [-0.05, 0) is 13.0 Å². The van der Waals surface area contributed by atoms with Gasteiger partial charge in [-0.25, -0.2) is 28.7 Å².